The van der Waals surface area contributed by atoms with E-state index in [9.17, 15) is 0 Å². The van der Waals surface area contributed by atoms with Crippen molar-refractivity contribution in [3.8, 4) is 0 Å². The first-order valence-electron chi connectivity index (χ1n) is 6.61. The molecule has 0 saturated heterocycles. The molecule has 0 aliphatic heterocycles. The Hall–Kier alpha value is -0.780. The van der Waals surface area contributed by atoms with Crippen molar-refractivity contribution in [1.82, 2.24) is 0 Å². The van der Waals surface area contributed by atoms with Crippen LogP contribution in [0.25, 0.3) is 0 Å². The molecular weight excluding hydrogens is 192 g/mol. The summed E-state index contributed by atoms with van der Waals surface area (Å²) in [5, 5.41) is 0. The van der Waals surface area contributed by atoms with Crippen LogP contribution in [0.3, 0.4) is 0 Å². The lowest BCUT2D eigenvalue weighted by Gasteiger charge is -2.45. The Morgan fingerprint density at radius 3 is 2.50 bits per heavy atom. The third kappa shape index (κ3) is 1.69. The topological polar surface area (TPSA) is 0 Å². The van der Waals surface area contributed by atoms with Crippen LogP contribution in [-0.2, 0) is 0 Å². The molecule has 0 aromatic heterocycles. The van der Waals surface area contributed by atoms with Crippen molar-refractivity contribution >= 4 is 0 Å². The standard InChI is InChI=1S/C16H24/c1-12-8-5-6-11-15(12)16(4)13(2)9-7-10-14(16)3/h7-9,11,13-14H,5-6,10H2,1-4H3/t13?,14-,16?/m1/s1. The summed E-state index contributed by atoms with van der Waals surface area (Å²) in [5.41, 5.74) is 3.47. The summed E-state index contributed by atoms with van der Waals surface area (Å²) in [4.78, 5) is 0. The normalized spacial score (nSPS) is 39.2. The Bertz CT molecular complexity index is 356. The first-order chi connectivity index (χ1) is 7.56. The van der Waals surface area contributed by atoms with E-state index >= 15 is 0 Å². The summed E-state index contributed by atoms with van der Waals surface area (Å²) in [6.07, 6.45) is 13.4. The van der Waals surface area contributed by atoms with Gasteiger partial charge in [-0.25, -0.2) is 0 Å². The van der Waals surface area contributed by atoms with Crippen LogP contribution in [0.15, 0.2) is 35.5 Å². The largest absolute Gasteiger partial charge is 0.0879 e. The van der Waals surface area contributed by atoms with E-state index < -0.39 is 0 Å². The monoisotopic (exact) mass is 216 g/mol. The second kappa shape index (κ2) is 4.24. The highest BCUT2D eigenvalue weighted by atomic mass is 14.4. The van der Waals surface area contributed by atoms with Gasteiger partial charge in [-0.05, 0) is 43.6 Å². The van der Waals surface area contributed by atoms with Gasteiger partial charge in [0.25, 0.3) is 0 Å². The smallest absolute Gasteiger partial charge is 0.00127 e. The zero-order valence-corrected chi connectivity index (χ0v) is 11.1. The summed E-state index contributed by atoms with van der Waals surface area (Å²) in [7, 11) is 0. The van der Waals surface area contributed by atoms with Crippen LogP contribution in [0, 0.1) is 17.3 Å². The lowest BCUT2D eigenvalue weighted by molar-refractivity contribution is 0.185. The summed E-state index contributed by atoms with van der Waals surface area (Å²) in [6.45, 7) is 9.52. The van der Waals surface area contributed by atoms with Crippen molar-refractivity contribution in [3.63, 3.8) is 0 Å². The predicted octanol–water partition coefficient (Wildman–Crippen LogP) is 4.89. The first-order valence-corrected chi connectivity index (χ1v) is 6.61. The van der Waals surface area contributed by atoms with Crippen LogP contribution in [-0.4, -0.2) is 0 Å². The molecule has 88 valence electrons. The van der Waals surface area contributed by atoms with Crippen LogP contribution in [0.4, 0.5) is 0 Å². The minimum absolute atomic E-state index is 0.343. The van der Waals surface area contributed by atoms with Crippen molar-refractivity contribution in [1.29, 1.82) is 0 Å². The molecule has 0 spiro atoms. The second-order valence-electron chi connectivity index (χ2n) is 5.72. The fourth-order valence-corrected chi connectivity index (χ4v) is 3.33. The molecule has 2 aliphatic rings. The predicted molar refractivity (Wildman–Crippen MR) is 71.3 cm³/mol. The number of allylic oxidation sites excluding steroid dienone is 6. The van der Waals surface area contributed by atoms with Crippen LogP contribution in [0.2, 0.25) is 0 Å². The highest BCUT2D eigenvalue weighted by Gasteiger charge is 2.40. The highest BCUT2D eigenvalue weighted by Crippen LogP contribution is 2.50. The van der Waals surface area contributed by atoms with E-state index in [0.29, 0.717) is 11.3 Å². The number of hydrogen-bond acceptors (Lipinski definition) is 0. The summed E-state index contributed by atoms with van der Waals surface area (Å²) in [5.74, 6) is 1.41. The molecule has 0 heteroatoms. The van der Waals surface area contributed by atoms with Gasteiger partial charge < -0.3 is 0 Å². The SMILES string of the molecule is CC1=CCCC=C1C1(C)C(C)C=CC[C@H]1C. The van der Waals surface area contributed by atoms with Crippen LogP contribution >= 0.6 is 0 Å². The van der Waals surface area contributed by atoms with Gasteiger partial charge >= 0.3 is 0 Å². The molecule has 16 heavy (non-hydrogen) atoms. The molecule has 0 fully saturated rings. The Balaban J connectivity index is 2.40. The van der Waals surface area contributed by atoms with Crippen LogP contribution in [0.5, 0.6) is 0 Å². The fourth-order valence-electron chi connectivity index (χ4n) is 3.33. The molecule has 0 amide bonds. The molecule has 0 N–H and O–H groups in total. The number of rotatable bonds is 1. The molecule has 0 nitrogen and oxygen atoms in total. The maximum Gasteiger partial charge on any atom is 0.00127 e. The molecule has 0 heterocycles. The maximum atomic E-state index is 2.49. The van der Waals surface area contributed by atoms with E-state index in [-0.39, 0.29) is 0 Å². The Morgan fingerprint density at radius 2 is 1.88 bits per heavy atom. The molecule has 0 bridgehead atoms. The number of hydrogen-bond donors (Lipinski definition) is 0. The third-order valence-electron chi connectivity index (χ3n) is 4.85. The summed E-state index contributed by atoms with van der Waals surface area (Å²) >= 11 is 0. The van der Waals surface area contributed by atoms with E-state index in [1.54, 1.807) is 5.57 Å². The third-order valence-corrected chi connectivity index (χ3v) is 4.85. The van der Waals surface area contributed by atoms with Gasteiger partial charge in [0.05, 0.1) is 0 Å². The highest BCUT2D eigenvalue weighted by molar-refractivity contribution is 5.39. The molecule has 2 rings (SSSR count). The van der Waals surface area contributed by atoms with Crippen molar-refractivity contribution in [2.24, 2.45) is 17.3 Å². The van der Waals surface area contributed by atoms with E-state index in [0.717, 1.165) is 5.92 Å². The van der Waals surface area contributed by atoms with E-state index in [2.05, 4.69) is 52.0 Å². The van der Waals surface area contributed by atoms with Crippen molar-refractivity contribution in [3.05, 3.63) is 35.5 Å². The minimum atomic E-state index is 0.343. The van der Waals surface area contributed by atoms with Crippen molar-refractivity contribution in [2.45, 2.75) is 47.0 Å². The first kappa shape index (κ1) is 11.7. The molecule has 0 aromatic rings. The molecule has 2 aliphatic carbocycles. The van der Waals surface area contributed by atoms with Crippen molar-refractivity contribution in [2.75, 3.05) is 0 Å². The van der Waals surface area contributed by atoms with Gasteiger partial charge in [-0.15, -0.1) is 0 Å². The lowest BCUT2D eigenvalue weighted by atomic mass is 9.59. The van der Waals surface area contributed by atoms with Gasteiger partial charge in [0.1, 0.15) is 0 Å². The average molecular weight is 216 g/mol. The van der Waals surface area contributed by atoms with E-state index in [1.165, 1.54) is 24.8 Å². The summed E-state index contributed by atoms with van der Waals surface area (Å²) < 4.78 is 0. The second-order valence-corrected chi connectivity index (χ2v) is 5.72. The Kier molecular flexibility index (Phi) is 3.10. The quantitative estimate of drug-likeness (QED) is 0.547. The van der Waals surface area contributed by atoms with Gasteiger partial charge in [-0.3, -0.25) is 0 Å². The molecular formula is C16H24. The molecule has 0 aromatic carbocycles. The average Bonchev–Trinajstić information content (AvgIpc) is 2.26. The van der Waals surface area contributed by atoms with Crippen LogP contribution in [0.1, 0.15) is 47.0 Å². The van der Waals surface area contributed by atoms with Gasteiger partial charge in [-0.2, -0.15) is 0 Å². The zero-order chi connectivity index (χ0) is 11.8. The minimum Gasteiger partial charge on any atom is -0.0879 e. The fraction of sp³-hybridized carbons (Fsp3) is 0.625. The molecule has 0 saturated carbocycles. The van der Waals surface area contributed by atoms with Gasteiger partial charge in [0, 0.05) is 5.41 Å². The molecule has 3 atom stereocenters. The van der Waals surface area contributed by atoms with Gasteiger partial charge in [0.15, 0.2) is 0 Å². The summed E-state index contributed by atoms with van der Waals surface area (Å²) in [6, 6.07) is 0. The Labute approximate surface area is 100 Å². The van der Waals surface area contributed by atoms with Crippen LogP contribution < -0.4 is 0 Å². The molecule has 0 radical (unpaired) electrons. The lowest BCUT2D eigenvalue weighted by Crippen LogP contribution is -2.36. The maximum absolute atomic E-state index is 2.49. The van der Waals surface area contributed by atoms with E-state index in [4.69, 9.17) is 0 Å². The molecule has 2 unspecified atom stereocenters. The van der Waals surface area contributed by atoms with Crippen molar-refractivity contribution < 1.29 is 0 Å². The Morgan fingerprint density at radius 1 is 1.19 bits per heavy atom. The van der Waals surface area contributed by atoms with Gasteiger partial charge in [-0.1, -0.05) is 50.6 Å². The van der Waals surface area contributed by atoms with Gasteiger partial charge in [0.2, 0.25) is 0 Å². The zero-order valence-electron chi connectivity index (χ0n) is 11.1. The van der Waals surface area contributed by atoms with E-state index in [1.807, 2.05) is 0 Å².